The molecule has 0 aliphatic rings. The third-order valence-corrected chi connectivity index (χ3v) is 4.83. The first-order valence-corrected chi connectivity index (χ1v) is 9.32. The van der Waals surface area contributed by atoms with Crippen molar-refractivity contribution in [1.82, 2.24) is 4.98 Å². The van der Waals surface area contributed by atoms with Crippen LogP contribution in [-0.4, -0.2) is 4.98 Å². The van der Waals surface area contributed by atoms with Gasteiger partial charge >= 0.3 is 0 Å². The lowest BCUT2D eigenvalue weighted by Gasteiger charge is -2.10. The van der Waals surface area contributed by atoms with E-state index < -0.39 is 0 Å². The molecule has 0 saturated carbocycles. The molecule has 0 amide bonds. The highest BCUT2D eigenvalue weighted by atomic mass is 15.0. The number of aromatic nitrogens is 1. The highest BCUT2D eigenvalue weighted by molar-refractivity contribution is 6.08. The molecule has 0 atom stereocenters. The minimum absolute atomic E-state index is 0.848. The van der Waals surface area contributed by atoms with E-state index in [1.54, 1.807) is 0 Å². The first-order valence-electron chi connectivity index (χ1n) is 9.32. The maximum absolute atomic E-state index is 4.62. The summed E-state index contributed by atoms with van der Waals surface area (Å²) in [6, 6.07) is 33.2. The number of nitrogens with one attached hydrogen (secondary N) is 2. The van der Waals surface area contributed by atoms with Gasteiger partial charge in [-0.15, -0.1) is 0 Å². The van der Waals surface area contributed by atoms with Gasteiger partial charge < -0.3 is 10.6 Å². The molecule has 0 aliphatic carbocycles. The van der Waals surface area contributed by atoms with Gasteiger partial charge in [-0.05, 0) is 58.6 Å². The standard InChI is InChI=1S/C25H19N3/c1-3-7-20(8-4-1)27-22-13-14-23-18(15-22)11-12-19-16-25(26-17-24(19)23)28-21-9-5-2-6-10-21/h1-17,27H,(H,26,28). The topological polar surface area (TPSA) is 37.0 Å². The molecule has 0 saturated heterocycles. The van der Waals surface area contributed by atoms with Gasteiger partial charge in [0, 0.05) is 28.6 Å². The fraction of sp³-hybridized carbons (Fsp3) is 0. The summed E-state index contributed by atoms with van der Waals surface area (Å²) in [5, 5.41) is 11.5. The number of hydrogen-bond donors (Lipinski definition) is 2. The van der Waals surface area contributed by atoms with E-state index in [1.165, 1.54) is 16.2 Å². The van der Waals surface area contributed by atoms with Crippen LogP contribution in [0.4, 0.5) is 22.9 Å². The van der Waals surface area contributed by atoms with Crippen LogP contribution < -0.4 is 10.6 Å². The molecule has 4 aromatic carbocycles. The molecule has 0 spiro atoms. The van der Waals surface area contributed by atoms with Gasteiger partial charge in [-0.25, -0.2) is 4.98 Å². The fourth-order valence-corrected chi connectivity index (χ4v) is 3.46. The summed E-state index contributed by atoms with van der Waals surface area (Å²) in [7, 11) is 0. The van der Waals surface area contributed by atoms with Crippen LogP contribution in [0.5, 0.6) is 0 Å². The van der Waals surface area contributed by atoms with Gasteiger partial charge in [0.25, 0.3) is 0 Å². The van der Waals surface area contributed by atoms with Crippen LogP contribution in [0.3, 0.4) is 0 Å². The molecule has 0 unspecified atom stereocenters. The summed E-state index contributed by atoms with van der Waals surface area (Å²) in [6.07, 6.45) is 1.95. The van der Waals surface area contributed by atoms with Crippen LogP contribution in [0.15, 0.2) is 103 Å². The van der Waals surface area contributed by atoms with Crippen LogP contribution >= 0.6 is 0 Å². The van der Waals surface area contributed by atoms with Crippen LogP contribution in [-0.2, 0) is 0 Å². The molecule has 5 aromatic rings. The van der Waals surface area contributed by atoms with E-state index in [4.69, 9.17) is 0 Å². The average molecular weight is 361 g/mol. The second-order valence-corrected chi connectivity index (χ2v) is 6.77. The molecule has 0 radical (unpaired) electrons. The van der Waals surface area contributed by atoms with E-state index >= 15 is 0 Å². The molecule has 1 aromatic heterocycles. The highest BCUT2D eigenvalue weighted by Crippen LogP contribution is 2.30. The molecule has 0 bridgehead atoms. The third kappa shape index (κ3) is 3.26. The Hall–Kier alpha value is -3.85. The average Bonchev–Trinajstić information content (AvgIpc) is 2.75. The van der Waals surface area contributed by atoms with E-state index in [-0.39, 0.29) is 0 Å². The quantitative estimate of drug-likeness (QED) is 0.343. The van der Waals surface area contributed by atoms with E-state index in [2.05, 4.69) is 64.1 Å². The zero-order valence-electron chi connectivity index (χ0n) is 15.3. The predicted octanol–water partition coefficient (Wildman–Crippen LogP) is 6.88. The van der Waals surface area contributed by atoms with Crippen molar-refractivity contribution in [3.8, 4) is 0 Å². The van der Waals surface area contributed by atoms with Crippen LogP contribution in [0.25, 0.3) is 21.5 Å². The van der Waals surface area contributed by atoms with Crippen molar-refractivity contribution in [3.05, 3.63) is 103 Å². The minimum atomic E-state index is 0.848. The largest absolute Gasteiger partial charge is 0.356 e. The Morgan fingerprint density at radius 3 is 1.86 bits per heavy atom. The summed E-state index contributed by atoms with van der Waals surface area (Å²) in [6.45, 7) is 0. The van der Waals surface area contributed by atoms with Crippen molar-refractivity contribution >= 4 is 44.4 Å². The fourth-order valence-electron chi connectivity index (χ4n) is 3.46. The van der Waals surface area contributed by atoms with Gasteiger partial charge in [0.05, 0.1) is 0 Å². The Morgan fingerprint density at radius 1 is 0.500 bits per heavy atom. The molecule has 2 N–H and O–H groups in total. The molecule has 1 heterocycles. The Morgan fingerprint density at radius 2 is 1.14 bits per heavy atom. The molecular formula is C25H19N3. The van der Waals surface area contributed by atoms with E-state index in [0.717, 1.165) is 28.3 Å². The summed E-state index contributed by atoms with van der Waals surface area (Å²) in [5.74, 6) is 0.848. The number of fused-ring (bicyclic) bond motifs is 3. The SMILES string of the molecule is c1ccc(Nc2ccc3c(ccc4cc(Nc5ccccc5)ncc43)c2)cc1. The van der Waals surface area contributed by atoms with Crippen molar-refractivity contribution in [1.29, 1.82) is 0 Å². The van der Waals surface area contributed by atoms with Crippen molar-refractivity contribution in [2.45, 2.75) is 0 Å². The minimum Gasteiger partial charge on any atom is -0.356 e. The molecule has 3 heteroatoms. The lowest BCUT2D eigenvalue weighted by atomic mass is 10.0. The Balaban J connectivity index is 1.49. The van der Waals surface area contributed by atoms with Crippen LogP contribution in [0.1, 0.15) is 0 Å². The smallest absolute Gasteiger partial charge is 0.130 e. The summed E-state index contributed by atoms with van der Waals surface area (Å²) < 4.78 is 0. The predicted molar refractivity (Wildman–Crippen MR) is 119 cm³/mol. The van der Waals surface area contributed by atoms with Gasteiger partial charge in [0.15, 0.2) is 0 Å². The van der Waals surface area contributed by atoms with Gasteiger partial charge in [0.1, 0.15) is 5.82 Å². The van der Waals surface area contributed by atoms with Crippen molar-refractivity contribution in [2.24, 2.45) is 0 Å². The second kappa shape index (κ2) is 7.05. The Kier molecular flexibility index (Phi) is 4.11. The first-order chi connectivity index (χ1) is 13.8. The van der Waals surface area contributed by atoms with Crippen molar-refractivity contribution < 1.29 is 0 Å². The lowest BCUT2D eigenvalue weighted by Crippen LogP contribution is -1.93. The number of nitrogens with zero attached hydrogens (tertiary/aromatic N) is 1. The third-order valence-electron chi connectivity index (χ3n) is 4.83. The van der Waals surface area contributed by atoms with Gasteiger partial charge in [-0.2, -0.15) is 0 Å². The monoisotopic (exact) mass is 361 g/mol. The number of para-hydroxylation sites is 2. The Labute approximate surface area is 163 Å². The van der Waals surface area contributed by atoms with Gasteiger partial charge in [-0.3, -0.25) is 0 Å². The molecule has 3 nitrogen and oxygen atoms in total. The van der Waals surface area contributed by atoms with Crippen molar-refractivity contribution in [3.63, 3.8) is 0 Å². The van der Waals surface area contributed by atoms with Gasteiger partial charge in [-0.1, -0.05) is 54.6 Å². The molecule has 5 rings (SSSR count). The maximum Gasteiger partial charge on any atom is 0.130 e. The summed E-state index contributed by atoms with van der Waals surface area (Å²) >= 11 is 0. The van der Waals surface area contributed by atoms with E-state index in [9.17, 15) is 0 Å². The van der Waals surface area contributed by atoms with Crippen molar-refractivity contribution in [2.75, 3.05) is 10.6 Å². The zero-order chi connectivity index (χ0) is 18.8. The van der Waals surface area contributed by atoms with E-state index in [1.807, 2.05) is 54.7 Å². The van der Waals surface area contributed by atoms with Crippen LogP contribution in [0.2, 0.25) is 0 Å². The number of hydrogen-bond acceptors (Lipinski definition) is 3. The second-order valence-electron chi connectivity index (χ2n) is 6.77. The van der Waals surface area contributed by atoms with Crippen LogP contribution in [0, 0.1) is 0 Å². The number of rotatable bonds is 4. The van der Waals surface area contributed by atoms with E-state index in [0.29, 0.717) is 0 Å². The maximum atomic E-state index is 4.62. The summed E-state index contributed by atoms with van der Waals surface area (Å²) in [4.78, 5) is 4.62. The molecule has 0 fully saturated rings. The molecule has 134 valence electrons. The normalized spacial score (nSPS) is 10.9. The number of anilines is 4. The Bertz CT molecular complexity index is 1150. The lowest BCUT2D eigenvalue weighted by molar-refractivity contribution is 1.34. The number of benzene rings is 4. The molecule has 0 aliphatic heterocycles. The molecule has 28 heavy (non-hydrogen) atoms. The first kappa shape index (κ1) is 16.3. The molecular weight excluding hydrogens is 342 g/mol. The highest BCUT2D eigenvalue weighted by Gasteiger charge is 2.05. The van der Waals surface area contributed by atoms with Gasteiger partial charge in [0.2, 0.25) is 0 Å². The number of pyridine rings is 1. The zero-order valence-corrected chi connectivity index (χ0v) is 15.3. The summed E-state index contributed by atoms with van der Waals surface area (Å²) in [5.41, 5.74) is 3.20.